The van der Waals surface area contributed by atoms with Crippen LogP contribution in [0.1, 0.15) is 0 Å². The molecular formula is C16H10N2O. The van der Waals surface area contributed by atoms with Gasteiger partial charge >= 0.3 is 0 Å². The van der Waals surface area contributed by atoms with E-state index >= 15 is 0 Å². The van der Waals surface area contributed by atoms with Gasteiger partial charge in [-0.2, -0.15) is 0 Å². The molecule has 0 bridgehead atoms. The van der Waals surface area contributed by atoms with Crippen LogP contribution in [0.4, 0.5) is 0 Å². The fourth-order valence-electron chi connectivity index (χ4n) is 1.86. The molecule has 3 rings (SSSR count). The topological polar surface area (TPSA) is 45.8 Å². The minimum Gasteiger partial charge on any atom is -0.306 e. The predicted molar refractivity (Wildman–Crippen MR) is 73.4 cm³/mol. The first kappa shape index (κ1) is 11.4. The Morgan fingerprint density at radius 2 is 1.84 bits per heavy atom. The Hall–Kier alpha value is -2.68. The molecule has 1 aromatic heterocycles. The van der Waals surface area contributed by atoms with Gasteiger partial charge in [0.1, 0.15) is 5.82 Å². The minimum atomic E-state index is -0.159. The SMILES string of the molecule is O=c1[nH]c(-c2ccccc2)ncc1-c1c[c][c]cc1. The number of rotatable bonds is 2. The molecule has 3 heteroatoms. The van der Waals surface area contributed by atoms with Crippen molar-refractivity contribution in [1.29, 1.82) is 0 Å². The van der Waals surface area contributed by atoms with Crippen molar-refractivity contribution in [2.24, 2.45) is 0 Å². The third-order valence-electron chi connectivity index (χ3n) is 2.81. The van der Waals surface area contributed by atoms with Crippen molar-refractivity contribution in [3.05, 3.63) is 77.2 Å². The van der Waals surface area contributed by atoms with Gasteiger partial charge in [0.25, 0.3) is 5.56 Å². The molecule has 3 aromatic rings. The Kier molecular flexibility index (Phi) is 2.94. The molecule has 0 fully saturated rings. The second kappa shape index (κ2) is 4.90. The molecule has 0 saturated carbocycles. The summed E-state index contributed by atoms with van der Waals surface area (Å²) in [6.07, 6.45) is 1.59. The Bertz CT molecular complexity index is 733. The maximum atomic E-state index is 12.1. The van der Waals surface area contributed by atoms with Crippen molar-refractivity contribution in [2.45, 2.75) is 0 Å². The largest absolute Gasteiger partial charge is 0.306 e. The van der Waals surface area contributed by atoms with Crippen LogP contribution >= 0.6 is 0 Å². The highest BCUT2D eigenvalue weighted by molar-refractivity contribution is 5.63. The standard InChI is InChI=1S/C16H10N2O/c19-16-14(12-7-3-1-4-8-12)11-17-15(18-16)13-9-5-2-6-10-13/h2-3,5-11H,(H,17,18,19). The molecule has 0 amide bonds. The molecule has 2 aromatic carbocycles. The van der Waals surface area contributed by atoms with Gasteiger partial charge in [-0.25, -0.2) is 4.98 Å². The van der Waals surface area contributed by atoms with Gasteiger partial charge in [-0.3, -0.25) is 4.79 Å². The molecule has 0 unspecified atom stereocenters. The Morgan fingerprint density at radius 3 is 2.53 bits per heavy atom. The van der Waals surface area contributed by atoms with Gasteiger partial charge in [-0.1, -0.05) is 42.5 Å². The zero-order valence-electron chi connectivity index (χ0n) is 10.1. The molecule has 1 N–H and O–H groups in total. The lowest BCUT2D eigenvalue weighted by Crippen LogP contribution is -2.11. The minimum absolute atomic E-state index is 0.159. The second-order valence-corrected chi connectivity index (χ2v) is 4.06. The molecule has 90 valence electrons. The highest BCUT2D eigenvalue weighted by atomic mass is 16.1. The number of benzene rings is 2. The van der Waals surface area contributed by atoms with Crippen LogP contribution in [-0.4, -0.2) is 9.97 Å². The van der Waals surface area contributed by atoms with E-state index in [0.29, 0.717) is 11.4 Å². The van der Waals surface area contributed by atoms with Gasteiger partial charge in [-0.15, -0.1) is 0 Å². The molecule has 2 radical (unpaired) electrons. The van der Waals surface area contributed by atoms with Gasteiger partial charge in [-0.05, 0) is 23.8 Å². The summed E-state index contributed by atoms with van der Waals surface area (Å²) in [4.78, 5) is 19.2. The summed E-state index contributed by atoms with van der Waals surface area (Å²) in [5.74, 6) is 0.570. The summed E-state index contributed by atoms with van der Waals surface area (Å²) < 4.78 is 0. The lowest BCUT2D eigenvalue weighted by Gasteiger charge is -2.03. The van der Waals surface area contributed by atoms with Crippen LogP contribution in [0.5, 0.6) is 0 Å². The molecule has 0 saturated heterocycles. The molecule has 1 heterocycles. The zero-order chi connectivity index (χ0) is 13.1. The maximum absolute atomic E-state index is 12.1. The number of hydrogen-bond donors (Lipinski definition) is 1. The molecule has 0 aliphatic rings. The van der Waals surface area contributed by atoms with E-state index in [9.17, 15) is 4.79 Å². The van der Waals surface area contributed by atoms with Crippen LogP contribution in [0.2, 0.25) is 0 Å². The maximum Gasteiger partial charge on any atom is 0.259 e. The number of H-pyrrole nitrogens is 1. The first-order valence-electron chi connectivity index (χ1n) is 5.87. The van der Waals surface area contributed by atoms with Gasteiger partial charge in [0.05, 0.1) is 5.56 Å². The number of nitrogens with zero attached hydrogens (tertiary/aromatic N) is 1. The number of hydrogen-bond acceptors (Lipinski definition) is 2. The van der Waals surface area contributed by atoms with E-state index in [1.807, 2.05) is 36.4 Å². The highest BCUT2D eigenvalue weighted by Gasteiger charge is 2.06. The molecule has 0 aliphatic carbocycles. The monoisotopic (exact) mass is 246 g/mol. The first-order valence-corrected chi connectivity index (χ1v) is 5.87. The van der Waals surface area contributed by atoms with Crippen molar-refractivity contribution in [3.8, 4) is 22.5 Å². The lowest BCUT2D eigenvalue weighted by atomic mass is 10.1. The molecule has 0 aliphatic heterocycles. The number of aromatic amines is 1. The van der Waals surface area contributed by atoms with E-state index < -0.39 is 0 Å². The van der Waals surface area contributed by atoms with Crippen molar-refractivity contribution < 1.29 is 0 Å². The van der Waals surface area contributed by atoms with Crippen LogP contribution < -0.4 is 5.56 Å². The summed E-state index contributed by atoms with van der Waals surface area (Å²) >= 11 is 0. The Morgan fingerprint density at radius 1 is 1.00 bits per heavy atom. The fourth-order valence-corrected chi connectivity index (χ4v) is 1.86. The molecule has 3 nitrogen and oxygen atoms in total. The van der Waals surface area contributed by atoms with Gasteiger partial charge < -0.3 is 4.98 Å². The van der Waals surface area contributed by atoms with Crippen molar-refractivity contribution >= 4 is 0 Å². The third-order valence-corrected chi connectivity index (χ3v) is 2.81. The third kappa shape index (κ3) is 2.31. The van der Waals surface area contributed by atoms with E-state index in [1.54, 1.807) is 18.3 Å². The summed E-state index contributed by atoms with van der Waals surface area (Å²) in [5, 5.41) is 0. The molecule has 0 atom stereocenters. The second-order valence-electron chi connectivity index (χ2n) is 4.06. The van der Waals surface area contributed by atoms with E-state index in [2.05, 4.69) is 22.1 Å². The van der Waals surface area contributed by atoms with Crippen LogP contribution in [0.25, 0.3) is 22.5 Å². The Balaban J connectivity index is 2.07. The van der Waals surface area contributed by atoms with E-state index in [4.69, 9.17) is 0 Å². The Labute approximate surface area is 110 Å². The normalized spacial score (nSPS) is 10.3. The first-order chi connectivity index (χ1) is 9.34. The van der Waals surface area contributed by atoms with Crippen LogP contribution in [-0.2, 0) is 0 Å². The fraction of sp³-hybridized carbons (Fsp3) is 0. The average Bonchev–Trinajstić information content (AvgIpc) is 2.49. The van der Waals surface area contributed by atoms with E-state index in [-0.39, 0.29) is 5.56 Å². The van der Waals surface area contributed by atoms with Crippen molar-refractivity contribution in [3.63, 3.8) is 0 Å². The van der Waals surface area contributed by atoms with Gasteiger partial charge in [0.15, 0.2) is 0 Å². The van der Waals surface area contributed by atoms with Crippen LogP contribution in [0, 0.1) is 12.1 Å². The van der Waals surface area contributed by atoms with Gasteiger partial charge in [0.2, 0.25) is 0 Å². The molecule has 19 heavy (non-hydrogen) atoms. The molecular weight excluding hydrogens is 236 g/mol. The summed E-state index contributed by atoms with van der Waals surface area (Å²) in [7, 11) is 0. The van der Waals surface area contributed by atoms with Crippen LogP contribution in [0.15, 0.2) is 59.5 Å². The van der Waals surface area contributed by atoms with E-state index in [0.717, 1.165) is 11.1 Å². The summed E-state index contributed by atoms with van der Waals surface area (Å²) in [6, 6.07) is 20.4. The summed E-state index contributed by atoms with van der Waals surface area (Å²) in [5.41, 5.74) is 2.05. The average molecular weight is 246 g/mol. The summed E-state index contributed by atoms with van der Waals surface area (Å²) in [6.45, 7) is 0. The van der Waals surface area contributed by atoms with Gasteiger partial charge in [0, 0.05) is 11.8 Å². The van der Waals surface area contributed by atoms with E-state index in [1.165, 1.54) is 0 Å². The van der Waals surface area contributed by atoms with Crippen LogP contribution in [0.3, 0.4) is 0 Å². The van der Waals surface area contributed by atoms with Crippen molar-refractivity contribution in [1.82, 2.24) is 9.97 Å². The molecule has 0 spiro atoms. The predicted octanol–water partition coefficient (Wildman–Crippen LogP) is 2.70. The smallest absolute Gasteiger partial charge is 0.259 e. The van der Waals surface area contributed by atoms with Crippen molar-refractivity contribution in [2.75, 3.05) is 0 Å². The lowest BCUT2D eigenvalue weighted by molar-refractivity contribution is 1.13. The number of aromatic nitrogens is 2. The highest BCUT2D eigenvalue weighted by Crippen LogP contribution is 2.16. The number of nitrogens with one attached hydrogen (secondary N) is 1. The zero-order valence-corrected chi connectivity index (χ0v) is 10.1. The quantitative estimate of drug-likeness (QED) is 0.755.